The molecular weight excluding hydrogens is 260 g/mol. The number of anilines is 2. The van der Waals surface area contributed by atoms with Crippen molar-refractivity contribution in [1.29, 1.82) is 0 Å². The average Bonchev–Trinajstić information content (AvgIpc) is 3.17. The highest BCUT2D eigenvalue weighted by Gasteiger charge is 2.23. The third-order valence-electron chi connectivity index (χ3n) is 4.10. The van der Waals surface area contributed by atoms with Gasteiger partial charge in [0.25, 0.3) is 0 Å². The van der Waals surface area contributed by atoms with Crippen LogP contribution in [0.15, 0.2) is 36.4 Å². The summed E-state index contributed by atoms with van der Waals surface area (Å²) >= 11 is 0. The number of hydrogen-bond acceptors (Lipinski definition) is 4. The molecule has 0 amide bonds. The standard InChI is InChI=1S/C17H20N4/c1-2-6-13(7-3-1)17-19-15(18-14-8-9-14)12-16(20-17)21-10-4-5-11-21/h1-3,6-7,12,14H,4-5,8-11H2,(H,18,19,20). The van der Waals surface area contributed by atoms with Gasteiger partial charge in [-0.2, -0.15) is 0 Å². The number of hydrogen-bond donors (Lipinski definition) is 1. The molecule has 21 heavy (non-hydrogen) atoms. The monoisotopic (exact) mass is 280 g/mol. The number of aromatic nitrogens is 2. The minimum Gasteiger partial charge on any atom is -0.367 e. The molecule has 1 aromatic carbocycles. The first-order valence-corrected chi connectivity index (χ1v) is 7.84. The molecule has 1 aliphatic heterocycles. The summed E-state index contributed by atoms with van der Waals surface area (Å²) in [6.45, 7) is 2.21. The van der Waals surface area contributed by atoms with E-state index < -0.39 is 0 Å². The van der Waals surface area contributed by atoms with Gasteiger partial charge in [-0.05, 0) is 25.7 Å². The van der Waals surface area contributed by atoms with Crippen molar-refractivity contribution in [2.24, 2.45) is 0 Å². The van der Waals surface area contributed by atoms with Gasteiger partial charge in [0.05, 0.1) is 0 Å². The normalized spacial score (nSPS) is 18.0. The lowest BCUT2D eigenvalue weighted by atomic mass is 10.2. The molecule has 1 saturated carbocycles. The fraction of sp³-hybridized carbons (Fsp3) is 0.412. The van der Waals surface area contributed by atoms with Crippen LogP contribution in [-0.4, -0.2) is 29.1 Å². The van der Waals surface area contributed by atoms with Gasteiger partial charge in [-0.25, -0.2) is 9.97 Å². The van der Waals surface area contributed by atoms with Gasteiger partial charge in [-0.1, -0.05) is 30.3 Å². The Kier molecular flexibility index (Phi) is 3.22. The van der Waals surface area contributed by atoms with Crippen LogP contribution in [0.1, 0.15) is 25.7 Å². The molecule has 2 fully saturated rings. The molecule has 0 bridgehead atoms. The van der Waals surface area contributed by atoms with E-state index in [0.29, 0.717) is 6.04 Å². The molecule has 0 radical (unpaired) electrons. The van der Waals surface area contributed by atoms with Gasteiger partial charge >= 0.3 is 0 Å². The highest BCUT2D eigenvalue weighted by atomic mass is 15.2. The smallest absolute Gasteiger partial charge is 0.163 e. The molecule has 2 aliphatic rings. The molecule has 2 aromatic rings. The highest BCUT2D eigenvalue weighted by Crippen LogP contribution is 2.28. The molecule has 108 valence electrons. The topological polar surface area (TPSA) is 41.1 Å². The van der Waals surface area contributed by atoms with Crippen LogP contribution in [-0.2, 0) is 0 Å². The average molecular weight is 280 g/mol. The van der Waals surface area contributed by atoms with Crippen LogP contribution in [0.25, 0.3) is 11.4 Å². The maximum Gasteiger partial charge on any atom is 0.163 e. The van der Waals surface area contributed by atoms with Crippen molar-refractivity contribution in [2.45, 2.75) is 31.7 Å². The van der Waals surface area contributed by atoms with Gasteiger partial charge in [0.1, 0.15) is 11.6 Å². The van der Waals surface area contributed by atoms with Crippen LogP contribution >= 0.6 is 0 Å². The quantitative estimate of drug-likeness (QED) is 0.932. The number of nitrogens with one attached hydrogen (secondary N) is 1. The Balaban J connectivity index is 1.72. The van der Waals surface area contributed by atoms with Crippen molar-refractivity contribution in [3.8, 4) is 11.4 Å². The second-order valence-electron chi connectivity index (χ2n) is 5.91. The summed E-state index contributed by atoms with van der Waals surface area (Å²) in [6.07, 6.45) is 5.03. The molecule has 0 spiro atoms. The van der Waals surface area contributed by atoms with Crippen LogP contribution in [0.4, 0.5) is 11.6 Å². The van der Waals surface area contributed by atoms with E-state index in [4.69, 9.17) is 9.97 Å². The van der Waals surface area contributed by atoms with Gasteiger partial charge in [0, 0.05) is 30.8 Å². The second-order valence-corrected chi connectivity index (χ2v) is 5.91. The Bertz CT molecular complexity index is 616. The lowest BCUT2D eigenvalue weighted by Gasteiger charge is -2.18. The first kappa shape index (κ1) is 12.6. The van der Waals surface area contributed by atoms with Gasteiger partial charge in [-0.3, -0.25) is 0 Å². The van der Waals surface area contributed by atoms with Crippen molar-refractivity contribution in [3.05, 3.63) is 36.4 Å². The zero-order valence-electron chi connectivity index (χ0n) is 12.1. The highest BCUT2D eigenvalue weighted by molar-refractivity contribution is 5.62. The van der Waals surface area contributed by atoms with Crippen LogP contribution in [0.5, 0.6) is 0 Å². The lowest BCUT2D eigenvalue weighted by Crippen LogP contribution is -2.20. The van der Waals surface area contributed by atoms with Crippen LogP contribution in [0, 0.1) is 0 Å². The first-order valence-electron chi connectivity index (χ1n) is 7.84. The second kappa shape index (κ2) is 5.35. The van der Waals surface area contributed by atoms with Crippen molar-refractivity contribution in [2.75, 3.05) is 23.3 Å². The molecule has 1 saturated heterocycles. The lowest BCUT2D eigenvalue weighted by molar-refractivity contribution is 0.928. The molecule has 1 aliphatic carbocycles. The minimum atomic E-state index is 0.606. The fourth-order valence-corrected chi connectivity index (χ4v) is 2.77. The summed E-state index contributed by atoms with van der Waals surface area (Å²) in [6, 6.07) is 13.0. The fourth-order valence-electron chi connectivity index (χ4n) is 2.77. The van der Waals surface area contributed by atoms with E-state index in [9.17, 15) is 0 Å². The van der Waals surface area contributed by atoms with E-state index >= 15 is 0 Å². The third kappa shape index (κ3) is 2.84. The Morgan fingerprint density at radius 1 is 1.00 bits per heavy atom. The minimum absolute atomic E-state index is 0.606. The maximum absolute atomic E-state index is 4.79. The third-order valence-corrected chi connectivity index (χ3v) is 4.10. The Morgan fingerprint density at radius 2 is 1.76 bits per heavy atom. The predicted octanol–water partition coefficient (Wildman–Crippen LogP) is 3.32. The molecule has 0 unspecified atom stereocenters. The first-order chi connectivity index (χ1) is 10.4. The van der Waals surface area contributed by atoms with Crippen LogP contribution in [0.3, 0.4) is 0 Å². The number of rotatable bonds is 4. The van der Waals surface area contributed by atoms with Gasteiger partial charge in [0.15, 0.2) is 5.82 Å². The Labute approximate surface area is 125 Å². The van der Waals surface area contributed by atoms with Crippen molar-refractivity contribution in [3.63, 3.8) is 0 Å². The number of benzene rings is 1. The van der Waals surface area contributed by atoms with E-state index in [1.807, 2.05) is 18.2 Å². The van der Waals surface area contributed by atoms with E-state index in [-0.39, 0.29) is 0 Å². The van der Waals surface area contributed by atoms with E-state index in [1.165, 1.54) is 25.7 Å². The molecule has 4 heteroatoms. The molecule has 2 heterocycles. The zero-order valence-corrected chi connectivity index (χ0v) is 12.1. The van der Waals surface area contributed by atoms with Crippen molar-refractivity contribution >= 4 is 11.6 Å². The van der Waals surface area contributed by atoms with Crippen molar-refractivity contribution in [1.82, 2.24) is 9.97 Å². The van der Waals surface area contributed by atoms with E-state index in [1.54, 1.807) is 0 Å². The summed E-state index contributed by atoms with van der Waals surface area (Å²) < 4.78 is 0. The maximum atomic E-state index is 4.79. The molecule has 1 aromatic heterocycles. The molecule has 4 rings (SSSR count). The summed E-state index contributed by atoms with van der Waals surface area (Å²) in [5.74, 6) is 2.85. The molecule has 1 N–H and O–H groups in total. The van der Waals surface area contributed by atoms with E-state index in [0.717, 1.165) is 36.1 Å². The van der Waals surface area contributed by atoms with Crippen LogP contribution < -0.4 is 10.2 Å². The zero-order chi connectivity index (χ0) is 14.1. The van der Waals surface area contributed by atoms with Crippen molar-refractivity contribution < 1.29 is 0 Å². The van der Waals surface area contributed by atoms with Gasteiger partial charge < -0.3 is 10.2 Å². The summed E-state index contributed by atoms with van der Waals surface area (Å²) in [5.41, 5.74) is 1.08. The van der Waals surface area contributed by atoms with Gasteiger partial charge in [0.2, 0.25) is 0 Å². The number of nitrogens with zero attached hydrogens (tertiary/aromatic N) is 3. The Morgan fingerprint density at radius 3 is 2.48 bits per heavy atom. The van der Waals surface area contributed by atoms with Crippen LogP contribution in [0.2, 0.25) is 0 Å². The predicted molar refractivity (Wildman–Crippen MR) is 85.6 cm³/mol. The summed E-state index contributed by atoms with van der Waals surface area (Å²) in [5, 5.41) is 3.51. The molecule has 0 atom stereocenters. The van der Waals surface area contributed by atoms with E-state index in [2.05, 4.69) is 28.4 Å². The molecular formula is C17H20N4. The SMILES string of the molecule is c1ccc(-c2nc(NC3CC3)cc(N3CCCC3)n2)cc1. The summed E-state index contributed by atoms with van der Waals surface area (Å²) in [4.78, 5) is 11.9. The Hall–Kier alpha value is -2.10. The van der Waals surface area contributed by atoms with Gasteiger partial charge in [-0.15, -0.1) is 0 Å². The molecule has 4 nitrogen and oxygen atoms in total. The largest absolute Gasteiger partial charge is 0.367 e. The summed E-state index contributed by atoms with van der Waals surface area (Å²) in [7, 11) is 0.